The summed E-state index contributed by atoms with van der Waals surface area (Å²) >= 11 is 5.64. The van der Waals surface area contributed by atoms with Crippen LogP contribution in [0.4, 0.5) is 37.7 Å². The highest BCUT2D eigenvalue weighted by Gasteiger charge is 2.51. The van der Waals surface area contributed by atoms with Gasteiger partial charge in [-0.15, -0.1) is 0 Å². The van der Waals surface area contributed by atoms with Crippen LogP contribution >= 0.6 is 12.2 Å². The Kier molecular flexibility index (Phi) is 11.0. The van der Waals surface area contributed by atoms with E-state index in [0.717, 1.165) is 22.6 Å². The maximum absolute atomic E-state index is 13.7. The number of likely N-dealkylation sites (tertiary alicyclic amines) is 1. The number of thiocarbonyl (C=S) groups is 1. The number of carbonyl (C=O) groups is 3. The van der Waals surface area contributed by atoms with Crippen LogP contribution in [0.15, 0.2) is 36.4 Å². The number of carbonyl (C=O) groups excluding carboxylic acids is 3. The standard InChI is InChI=1S/C33H34F6N4O5S/c1-5-21-16-24(43-30(49)42(28(45)31(43,3)4)23-7-6-22(18-40)25(17-23)32(34,35)36)8-9-26(21)47-15-12-20-10-13-41(14-11-20)19(2)27(44)48-29(46)33(37,38)39/h6-9,16-17,19-20H,5,10-15H2,1-4H3. The van der Waals surface area contributed by atoms with Crippen molar-refractivity contribution in [1.29, 1.82) is 5.26 Å². The van der Waals surface area contributed by atoms with Crippen LogP contribution in [0.1, 0.15) is 63.6 Å². The average molecular weight is 713 g/mol. The first kappa shape index (κ1) is 37.6. The second-order valence-corrected chi connectivity index (χ2v) is 12.7. The highest BCUT2D eigenvalue weighted by atomic mass is 32.1. The summed E-state index contributed by atoms with van der Waals surface area (Å²) in [7, 11) is 0. The van der Waals surface area contributed by atoms with Crippen molar-refractivity contribution in [1.82, 2.24) is 4.90 Å². The predicted molar refractivity (Wildman–Crippen MR) is 170 cm³/mol. The summed E-state index contributed by atoms with van der Waals surface area (Å²) in [6.07, 6.45) is -7.54. The fourth-order valence-corrected chi connectivity index (χ4v) is 6.45. The average Bonchev–Trinajstić information content (AvgIpc) is 3.22. The number of esters is 2. The van der Waals surface area contributed by atoms with Crippen LogP contribution in [-0.2, 0) is 31.7 Å². The largest absolute Gasteiger partial charge is 0.493 e. The van der Waals surface area contributed by atoms with E-state index in [4.69, 9.17) is 22.2 Å². The highest BCUT2D eigenvalue weighted by Crippen LogP contribution is 2.40. The van der Waals surface area contributed by atoms with Crippen LogP contribution in [0, 0.1) is 17.2 Å². The van der Waals surface area contributed by atoms with E-state index >= 15 is 0 Å². The van der Waals surface area contributed by atoms with Crippen LogP contribution < -0.4 is 14.5 Å². The zero-order valence-corrected chi connectivity index (χ0v) is 27.9. The van der Waals surface area contributed by atoms with Crippen molar-refractivity contribution in [3.05, 3.63) is 53.1 Å². The fraction of sp³-hybridized carbons (Fsp3) is 0.485. The van der Waals surface area contributed by atoms with Crippen LogP contribution in [0.25, 0.3) is 0 Å². The molecule has 49 heavy (non-hydrogen) atoms. The number of piperidine rings is 1. The van der Waals surface area contributed by atoms with Gasteiger partial charge in [-0.3, -0.25) is 14.6 Å². The molecule has 4 rings (SSSR count). The molecule has 2 saturated heterocycles. The number of benzene rings is 2. The Morgan fingerprint density at radius 2 is 1.69 bits per heavy atom. The number of hydrogen-bond acceptors (Lipinski definition) is 8. The Balaban J connectivity index is 1.40. The van der Waals surface area contributed by atoms with Crippen molar-refractivity contribution in [2.45, 2.75) is 77.3 Å². The van der Waals surface area contributed by atoms with Gasteiger partial charge in [-0.05, 0) is 120 Å². The van der Waals surface area contributed by atoms with E-state index in [-0.39, 0.29) is 16.7 Å². The maximum atomic E-state index is 13.7. The molecule has 0 spiro atoms. The third kappa shape index (κ3) is 7.99. The number of halogens is 6. The number of hydrogen-bond donors (Lipinski definition) is 0. The van der Waals surface area contributed by atoms with Crippen molar-refractivity contribution < 1.29 is 50.2 Å². The molecule has 0 radical (unpaired) electrons. The van der Waals surface area contributed by atoms with E-state index in [0.29, 0.717) is 56.8 Å². The molecule has 0 bridgehead atoms. The first-order valence-electron chi connectivity index (χ1n) is 15.4. The summed E-state index contributed by atoms with van der Waals surface area (Å²) in [6, 6.07) is 8.79. The number of aryl methyl sites for hydroxylation is 1. The van der Waals surface area contributed by atoms with Gasteiger partial charge in [0, 0.05) is 5.69 Å². The Morgan fingerprint density at radius 1 is 1.06 bits per heavy atom. The first-order chi connectivity index (χ1) is 22.8. The summed E-state index contributed by atoms with van der Waals surface area (Å²) in [6.45, 7) is 7.75. The van der Waals surface area contributed by atoms with Crippen molar-refractivity contribution >= 4 is 46.6 Å². The zero-order chi connectivity index (χ0) is 36.5. The van der Waals surface area contributed by atoms with Gasteiger partial charge >= 0.3 is 24.3 Å². The number of alkyl halides is 6. The van der Waals surface area contributed by atoms with Crippen LogP contribution in [0.3, 0.4) is 0 Å². The van der Waals surface area contributed by atoms with E-state index in [2.05, 4.69) is 4.74 Å². The molecule has 2 aromatic carbocycles. The lowest BCUT2D eigenvalue weighted by atomic mass is 9.93. The zero-order valence-electron chi connectivity index (χ0n) is 27.1. The number of anilines is 2. The number of nitriles is 1. The maximum Gasteiger partial charge on any atom is 0.491 e. The molecule has 9 nitrogen and oxygen atoms in total. The Bertz CT molecular complexity index is 1660. The molecule has 1 unspecified atom stereocenters. The molecular formula is C33H34F6N4O5S. The van der Waals surface area contributed by atoms with Gasteiger partial charge in [-0.1, -0.05) is 6.92 Å². The molecule has 2 aromatic rings. The van der Waals surface area contributed by atoms with Crippen molar-refractivity contribution in [2.24, 2.45) is 5.92 Å². The highest BCUT2D eigenvalue weighted by molar-refractivity contribution is 7.81. The Labute approximate surface area is 284 Å². The molecule has 1 atom stereocenters. The summed E-state index contributed by atoms with van der Waals surface area (Å²) in [5, 5.41) is 9.14. The van der Waals surface area contributed by atoms with Gasteiger partial charge in [-0.25, -0.2) is 9.59 Å². The monoisotopic (exact) mass is 712 g/mol. The molecule has 0 aliphatic carbocycles. The van der Waals surface area contributed by atoms with Gasteiger partial charge in [0.05, 0.1) is 29.5 Å². The van der Waals surface area contributed by atoms with Gasteiger partial charge in [0.25, 0.3) is 5.91 Å². The molecule has 2 aliphatic rings. The van der Waals surface area contributed by atoms with E-state index in [1.165, 1.54) is 19.1 Å². The van der Waals surface area contributed by atoms with Crippen LogP contribution in [0.5, 0.6) is 5.75 Å². The van der Waals surface area contributed by atoms with Gasteiger partial charge in [0.15, 0.2) is 5.11 Å². The minimum absolute atomic E-state index is 0.0237. The second kappa shape index (κ2) is 14.3. The summed E-state index contributed by atoms with van der Waals surface area (Å²) < 4.78 is 88.4. The molecule has 2 aliphatic heterocycles. The van der Waals surface area contributed by atoms with Crippen molar-refractivity contribution in [2.75, 3.05) is 29.5 Å². The van der Waals surface area contributed by atoms with Gasteiger partial charge in [0.2, 0.25) is 0 Å². The number of ether oxygens (including phenoxy) is 2. The molecule has 0 saturated carbocycles. The lowest BCUT2D eigenvalue weighted by Crippen LogP contribution is -2.46. The minimum Gasteiger partial charge on any atom is -0.493 e. The van der Waals surface area contributed by atoms with E-state index < -0.39 is 52.9 Å². The lowest BCUT2D eigenvalue weighted by Gasteiger charge is -2.34. The Hall–Kier alpha value is -4.23. The summed E-state index contributed by atoms with van der Waals surface area (Å²) in [4.78, 5) is 40.9. The quantitative estimate of drug-likeness (QED) is 0.124. The van der Waals surface area contributed by atoms with Crippen LogP contribution in [0.2, 0.25) is 0 Å². The molecule has 264 valence electrons. The summed E-state index contributed by atoms with van der Waals surface area (Å²) in [5.74, 6) is -3.51. The van der Waals surface area contributed by atoms with Gasteiger partial charge in [0.1, 0.15) is 17.3 Å². The predicted octanol–water partition coefficient (Wildman–Crippen LogP) is 6.56. The second-order valence-electron chi connectivity index (χ2n) is 12.3. The molecule has 0 N–H and O–H groups in total. The fourth-order valence-electron chi connectivity index (χ4n) is 5.93. The van der Waals surface area contributed by atoms with Crippen LogP contribution in [-0.4, -0.2) is 65.3 Å². The van der Waals surface area contributed by atoms with Crippen molar-refractivity contribution in [3.63, 3.8) is 0 Å². The Morgan fingerprint density at radius 3 is 2.27 bits per heavy atom. The normalized spacial score (nSPS) is 18.0. The molecule has 1 amide bonds. The van der Waals surface area contributed by atoms with E-state index in [9.17, 15) is 40.7 Å². The van der Waals surface area contributed by atoms with Crippen molar-refractivity contribution in [3.8, 4) is 11.8 Å². The number of nitrogens with zero attached hydrogens (tertiary/aromatic N) is 4. The molecule has 2 heterocycles. The number of rotatable bonds is 9. The first-order valence-corrected chi connectivity index (χ1v) is 15.8. The van der Waals surface area contributed by atoms with Gasteiger partial charge < -0.3 is 14.4 Å². The molecular weight excluding hydrogens is 678 g/mol. The summed E-state index contributed by atoms with van der Waals surface area (Å²) in [5.41, 5.74) is -1.77. The van der Waals surface area contributed by atoms with Gasteiger partial charge in [-0.2, -0.15) is 31.6 Å². The minimum atomic E-state index is -5.25. The molecule has 16 heteroatoms. The SMILES string of the molecule is CCc1cc(N2C(=S)N(c3ccc(C#N)c(C(F)(F)F)c3)C(=O)C2(C)C)ccc1OCCC1CCN(C(C)C(=O)OC(=O)C(F)(F)F)CC1. The molecule has 0 aromatic heterocycles. The number of amides is 1. The molecule has 2 fully saturated rings. The topological polar surface area (TPSA) is 103 Å². The third-order valence-electron chi connectivity index (χ3n) is 8.78. The van der Waals surface area contributed by atoms with E-state index in [1.807, 2.05) is 13.0 Å². The van der Waals surface area contributed by atoms with E-state index in [1.54, 1.807) is 35.8 Å². The smallest absolute Gasteiger partial charge is 0.491 e. The lowest BCUT2D eigenvalue weighted by molar-refractivity contribution is -0.203. The third-order valence-corrected chi connectivity index (χ3v) is 9.15.